The van der Waals surface area contributed by atoms with Crippen LogP contribution in [-0.2, 0) is 155 Å². The van der Waals surface area contributed by atoms with E-state index in [4.69, 9.17) is 5.11 Å². The third kappa shape index (κ3) is 67.7. The molecule has 18 heteroatoms. The van der Waals surface area contributed by atoms with Crippen LogP contribution in [0.1, 0.15) is 242 Å². The zero-order valence-corrected chi connectivity index (χ0v) is 63.4. The first kappa shape index (κ1) is 108. The molecular formula is C57H126O12Sc6. The summed E-state index contributed by atoms with van der Waals surface area (Å²) in [6.07, 6.45) is 8.25. The Morgan fingerprint density at radius 2 is 0.547 bits per heavy atom. The second kappa shape index (κ2) is 69.5. The second-order valence-corrected chi connectivity index (χ2v) is 22.3. The monoisotopic (exact) mass is 1270 g/mol. The van der Waals surface area contributed by atoms with Crippen LogP contribution in [0.5, 0.6) is 0 Å². The summed E-state index contributed by atoms with van der Waals surface area (Å²) in [6, 6.07) is 0. The van der Waals surface area contributed by atoms with Crippen molar-refractivity contribution < 1.29 is 216 Å². The Kier molecular flexibility index (Phi) is 99.9. The molecule has 0 aliphatic rings. The smallest absolute Gasteiger partial charge is 0.0613 e. The number of hydrogen-bond acceptors (Lipinski definition) is 12. The molecule has 14 unspecified atom stereocenters. The van der Waals surface area contributed by atoms with E-state index in [1.807, 2.05) is 132 Å². The van der Waals surface area contributed by atoms with Gasteiger partial charge in [-0.05, 0) is 93.3 Å². The van der Waals surface area contributed by atoms with Gasteiger partial charge in [-0.1, -0.05) is 184 Å². The maximum atomic E-state index is 9.65. The van der Waals surface area contributed by atoms with Gasteiger partial charge in [-0.15, -0.1) is 0 Å². The Bertz CT molecular complexity index is 1020. The summed E-state index contributed by atoms with van der Waals surface area (Å²) in [5.74, 6) is 1.36. The van der Waals surface area contributed by atoms with Gasteiger partial charge in [0.05, 0.1) is 73.2 Å². The van der Waals surface area contributed by atoms with E-state index in [9.17, 15) is 56.2 Å². The number of aliphatic hydroxyl groups is 12. The molecule has 0 amide bonds. The fourth-order valence-electron chi connectivity index (χ4n) is 6.95. The molecule has 444 valence electrons. The maximum absolute atomic E-state index is 9.65. The van der Waals surface area contributed by atoms with E-state index in [2.05, 4.69) is 13.8 Å². The van der Waals surface area contributed by atoms with Crippen LogP contribution in [0, 0.1) is 53.3 Å². The summed E-state index contributed by atoms with van der Waals surface area (Å²) in [4.78, 5) is 0. The summed E-state index contributed by atoms with van der Waals surface area (Å²) in [5.41, 5.74) is 0. The van der Waals surface area contributed by atoms with Gasteiger partial charge in [-0.3, -0.25) is 0 Å². The van der Waals surface area contributed by atoms with Gasteiger partial charge in [-0.25, -0.2) is 0 Å². The van der Waals surface area contributed by atoms with Crippen LogP contribution in [0.3, 0.4) is 0 Å². The van der Waals surface area contributed by atoms with Crippen LogP contribution in [0.4, 0.5) is 0 Å². The molecule has 0 aromatic carbocycles. The standard InChI is InChI=1S/3C10H22O2.3C9H20O2.6Sc/c1-6(2)9(11)8(5)10(12)7(3)4;1-5-6-9(11)8(4)10(12)7(2)3;1-4-6-7-10(12)8(3)9(11)5-2;1-6(2)8(10)5-9(11)7(3)4;1-4-5-8(10)6-9(11)7(2)3;1-3-5-6-9(11)7-8(10)4-2;;;;;;/h6-12H,1-5H3;7-12H,5-6H2,1-4H3;8-12H,4-7H2,1-3H3;6-11H,5H2,1-4H3;7-11H,4-6H2,1-3H3;8-11H,3-7H2,1-2H3;;;;;;. The van der Waals surface area contributed by atoms with Crippen molar-refractivity contribution >= 4 is 0 Å². The van der Waals surface area contributed by atoms with Gasteiger partial charge >= 0.3 is 0 Å². The van der Waals surface area contributed by atoms with Crippen LogP contribution in [0.15, 0.2) is 0 Å². The Morgan fingerprint density at radius 3 is 0.840 bits per heavy atom. The quantitative estimate of drug-likeness (QED) is 0.0322. The zero-order chi connectivity index (χ0) is 55.7. The Labute approximate surface area is 577 Å². The van der Waals surface area contributed by atoms with Gasteiger partial charge < -0.3 is 61.3 Å². The third-order valence-corrected chi connectivity index (χ3v) is 13.2. The number of aliphatic hydroxyl groups excluding tert-OH is 12. The van der Waals surface area contributed by atoms with Crippen molar-refractivity contribution in [3.8, 4) is 0 Å². The Morgan fingerprint density at radius 1 is 0.240 bits per heavy atom. The van der Waals surface area contributed by atoms with Crippen LogP contribution in [0.2, 0.25) is 0 Å². The van der Waals surface area contributed by atoms with Crippen molar-refractivity contribution in [3.05, 3.63) is 0 Å². The van der Waals surface area contributed by atoms with Crippen molar-refractivity contribution in [2.75, 3.05) is 0 Å². The zero-order valence-electron chi connectivity index (χ0n) is 52.6. The van der Waals surface area contributed by atoms with Crippen molar-refractivity contribution in [2.45, 2.75) is 315 Å². The topological polar surface area (TPSA) is 243 Å². The molecule has 0 heterocycles. The molecule has 0 aliphatic carbocycles. The van der Waals surface area contributed by atoms with Gasteiger partial charge in [0.1, 0.15) is 0 Å². The third-order valence-electron chi connectivity index (χ3n) is 13.2. The normalized spacial score (nSPS) is 16.7. The molecule has 12 N–H and O–H groups in total. The molecule has 0 aromatic rings. The number of rotatable bonds is 30. The van der Waals surface area contributed by atoms with E-state index in [1.165, 1.54) is 0 Å². The molecule has 0 aromatic heterocycles. The summed E-state index contributed by atoms with van der Waals surface area (Å²) in [5, 5.41) is 113. The average molecular weight is 1270 g/mol. The first-order valence-electron chi connectivity index (χ1n) is 27.9. The van der Waals surface area contributed by atoms with E-state index in [-0.39, 0.29) is 269 Å². The number of unbranched alkanes of at least 4 members (excludes halogenated alkanes) is 2. The first-order valence-corrected chi connectivity index (χ1v) is 27.9. The van der Waals surface area contributed by atoms with Gasteiger partial charge in [0.15, 0.2) is 0 Å². The van der Waals surface area contributed by atoms with Gasteiger partial charge in [-0.2, -0.15) is 0 Å². The van der Waals surface area contributed by atoms with Gasteiger partial charge in [0.2, 0.25) is 0 Å². The van der Waals surface area contributed by atoms with E-state index >= 15 is 0 Å². The molecule has 0 fully saturated rings. The summed E-state index contributed by atoms with van der Waals surface area (Å²) in [7, 11) is 0. The fraction of sp³-hybridized carbons (Fsp3) is 1.00. The number of hydrogen-bond donors (Lipinski definition) is 12. The molecule has 0 saturated carbocycles. The minimum Gasteiger partial charge on any atom is -0.393 e. The van der Waals surface area contributed by atoms with Crippen molar-refractivity contribution in [2.24, 2.45) is 53.3 Å². The Balaban J connectivity index is -0.0000000625. The molecule has 0 rings (SSSR count). The van der Waals surface area contributed by atoms with E-state index < -0.39 is 12.2 Å². The first-order chi connectivity index (χ1) is 31.7. The van der Waals surface area contributed by atoms with Crippen LogP contribution in [0.25, 0.3) is 0 Å². The second-order valence-electron chi connectivity index (χ2n) is 22.3. The predicted molar refractivity (Wildman–Crippen MR) is 292 cm³/mol. The van der Waals surface area contributed by atoms with Gasteiger partial charge in [0, 0.05) is 173 Å². The van der Waals surface area contributed by atoms with Crippen molar-refractivity contribution in [1.29, 1.82) is 0 Å². The molecule has 0 spiro atoms. The van der Waals surface area contributed by atoms with Crippen LogP contribution < -0.4 is 0 Å². The minimum absolute atomic E-state index is 0. The molecule has 0 aliphatic heterocycles. The predicted octanol–water partition coefficient (Wildman–Crippen LogP) is 10.0. The average Bonchev–Trinajstić information content (AvgIpc) is 3.28. The van der Waals surface area contributed by atoms with Crippen molar-refractivity contribution in [1.82, 2.24) is 0 Å². The van der Waals surface area contributed by atoms with Crippen LogP contribution in [-0.4, -0.2) is 135 Å². The van der Waals surface area contributed by atoms with Crippen LogP contribution >= 0.6 is 0 Å². The Hall–Kier alpha value is 4.74. The SMILES string of the molecule is CC(C)C(O)C(C)C(O)C(C)C.CC(C)C(O)CC(O)C(C)C.CCCC(O)C(C)C(O)C(C)C.CCCC(O)CC(O)C(C)C.CCCCC(O)C(C)C(O)CC.CCCCC(O)CC(O)CC.[Sc].[Sc].[Sc].[Sc].[Sc].[Sc]. The molecule has 14 atom stereocenters. The minimum atomic E-state index is -0.401. The van der Waals surface area contributed by atoms with E-state index in [0.29, 0.717) is 19.3 Å². The summed E-state index contributed by atoms with van der Waals surface area (Å²) < 4.78 is 0. The summed E-state index contributed by atoms with van der Waals surface area (Å²) >= 11 is 0. The molecule has 12 nitrogen and oxygen atoms in total. The van der Waals surface area contributed by atoms with Crippen molar-refractivity contribution in [3.63, 3.8) is 0 Å². The maximum Gasteiger partial charge on any atom is 0.0613 e. The fourth-order valence-corrected chi connectivity index (χ4v) is 6.95. The van der Waals surface area contributed by atoms with E-state index in [1.54, 1.807) is 0 Å². The molecule has 0 bridgehead atoms. The van der Waals surface area contributed by atoms with Gasteiger partial charge in [0.25, 0.3) is 0 Å². The largest absolute Gasteiger partial charge is 0.393 e. The molecular weight excluding hydrogens is 1150 g/mol. The summed E-state index contributed by atoms with van der Waals surface area (Å²) in [6.45, 7) is 41.4. The molecule has 0 saturated heterocycles. The molecule has 6 radical (unpaired) electrons. The van der Waals surface area contributed by atoms with E-state index in [0.717, 1.165) is 77.0 Å². The molecule has 75 heavy (non-hydrogen) atoms.